The molecule has 0 unspecified atom stereocenters. The number of aliphatic hydroxyl groups is 1. The second kappa shape index (κ2) is 15.8. The average Bonchev–Trinajstić information content (AvgIpc) is 3.46. The molecule has 10 nitrogen and oxygen atoms in total. The number of likely N-dealkylation sites (tertiary alicyclic amines) is 1. The van der Waals surface area contributed by atoms with Gasteiger partial charge in [-0.15, -0.1) is 0 Å². The molecular weight excluding hydrogens is 580 g/mol. The van der Waals surface area contributed by atoms with Crippen LogP contribution in [-0.4, -0.2) is 91.5 Å². The number of hydrazine groups is 1. The molecule has 2 aromatic carbocycles. The normalized spacial score (nSPS) is 15.8. The Hall–Kier alpha value is -2.99. The van der Waals surface area contributed by atoms with Gasteiger partial charge in [0.15, 0.2) is 0 Å². The van der Waals surface area contributed by atoms with E-state index in [0.29, 0.717) is 5.75 Å². The Morgan fingerprint density at radius 2 is 1.61 bits per heavy atom. The fraction of sp³-hybridized carbons (Fsp3) is 0.576. The first-order valence-corrected chi connectivity index (χ1v) is 16.8. The highest BCUT2D eigenvalue weighted by Gasteiger charge is 2.37. The molecule has 0 radical (unpaired) electrons. The van der Waals surface area contributed by atoms with Crippen LogP contribution < -0.4 is 10.2 Å². The summed E-state index contributed by atoms with van der Waals surface area (Å²) in [5.41, 5.74) is 3.28. The smallest absolute Gasteiger partial charge is 0.252 e. The van der Waals surface area contributed by atoms with E-state index in [2.05, 4.69) is 5.43 Å². The van der Waals surface area contributed by atoms with Crippen molar-refractivity contribution < 1.29 is 27.9 Å². The number of nitrogens with one attached hydrogen (secondary N) is 1. The molecule has 0 aliphatic carbocycles. The number of carbonyl (C=O) groups excluding carboxylic acids is 2. The predicted octanol–water partition coefficient (Wildman–Crippen LogP) is 3.71. The fourth-order valence-electron chi connectivity index (χ4n) is 5.34. The van der Waals surface area contributed by atoms with Crippen LogP contribution in [0.5, 0.6) is 5.75 Å². The standard InChI is InChI=1S/C33H50N4O6S/c1-25(2)22-36(44(41,42)28-16-14-27(43-6)15-17-28)23-30(38)29(20-26-12-8-7-9-13-26)37(32(40)21-33(3,4)5)34-31(39)24-35-18-10-11-19-35/h7-9,12-17,25,29-30,38H,10-11,18-24H2,1-6H3,(H,34,39)/t29-,30+/m0/s1. The minimum absolute atomic E-state index is 0.0402. The highest BCUT2D eigenvalue weighted by molar-refractivity contribution is 7.89. The molecular formula is C33H50N4O6S. The first kappa shape index (κ1) is 35.5. The summed E-state index contributed by atoms with van der Waals surface area (Å²) in [6, 6.07) is 14.6. The Kier molecular flexibility index (Phi) is 12.8. The van der Waals surface area contributed by atoms with Crippen molar-refractivity contribution >= 4 is 21.8 Å². The number of hydrogen-bond acceptors (Lipinski definition) is 7. The molecule has 3 rings (SSSR count). The molecule has 1 aliphatic rings. The first-order valence-electron chi connectivity index (χ1n) is 15.4. The summed E-state index contributed by atoms with van der Waals surface area (Å²) in [6.07, 6.45) is 1.04. The van der Waals surface area contributed by atoms with Crippen molar-refractivity contribution in [2.75, 3.05) is 39.8 Å². The number of rotatable bonds is 14. The molecule has 244 valence electrons. The van der Waals surface area contributed by atoms with E-state index in [1.807, 2.05) is 69.9 Å². The number of sulfonamides is 1. The summed E-state index contributed by atoms with van der Waals surface area (Å²) in [5.74, 6) is -0.202. The molecule has 0 bridgehead atoms. The molecule has 1 saturated heterocycles. The van der Waals surface area contributed by atoms with E-state index in [-0.39, 0.29) is 55.1 Å². The van der Waals surface area contributed by atoms with Crippen molar-refractivity contribution in [3.8, 4) is 5.75 Å². The maximum absolute atomic E-state index is 13.9. The van der Waals surface area contributed by atoms with Crippen molar-refractivity contribution in [1.29, 1.82) is 0 Å². The van der Waals surface area contributed by atoms with Gasteiger partial charge in [0, 0.05) is 19.5 Å². The van der Waals surface area contributed by atoms with Crippen LogP contribution in [0, 0.1) is 11.3 Å². The zero-order valence-electron chi connectivity index (χ0n) is 27.0. The minimum Gasteiger partial charge on any atom is -0.497 e. The maximum atomic E-state index is 13.9. The van der Waals surface area contributed by atoms with E-state index in [0.717, 1.165) is 31.5 Å². The monoisotopic (exact) mass is 630 g/mol. The number of methoxy groups -OCH3 is 1. The Morgan fingerprint density at radius 3 is 2.16 bits per heavy atom. The highest BCUT2D eigenvalue weighted by atomic mass is 32.2. The van der Waals surface area contributed by atoms with Crippen molar-refractivity contribution in [1.82, 2.24) is 19.6 Å². The Bertz CT molecular complexity index is 1310. The molecule has 44 heavy (non-hydrogen) atoms. The van der Waals surface area contributed by atoms with Crippen LogP contribution in [0.2, 0.25) is 0 Å². The number of nitrogens with zero attached hydrogens (tertiary/aromatic N) is 3. The summed E-state index contributed by atoms with van der Waals surface area (Å²) in [6.45, 7) is 11.3. The first-order chi connectivity index (χ1) is 20.7. The fourth-order valence-corrected chi connectivity index (χ4v) is 6.96. The van der Waals surface area contributed by atoms with Crippen LogP contribution >= 0.6 is 0 Å². The molecule has 1 fully saturated rings. The molecule has 0 spiro atoms. The predicted molar refractivity (Wildman–Crippen MR) is 171 cm³/mol. The maximum Gasteiger partial charge on any atom is 0.252 e. The summed E-state index contributed by atoms with van der Waals surface area (Å²) in [4.78, 5) is 29.2. The van der Waals surface area contributed by atoms with Crippen molar-refractivity contribution in [3.05, 3.63) is 60.2 Å². The Morgan fingerprint density at radius 1 is 1.00 bits per heavy atom. The molecule has 1 heterocycles. The van der Waals surface area contributed by atoms with Crippen LogP contribution in [0.3, 0.4) is 0 Å². The number of benzene rings is 2. The number of amides is 2. The van der Waals surface area contributed by atoms with Gasteiger partial charge in [-0.25, -0.2) is 13.4 Å². The zero-order valence-corrected chi connectivity index (χ0v) is 27.8. The van der Waals surface area contributed by atoms with Crippen molar-refractivity contribution in [3.63, 3.8) is 0 Å². The molecule has 2 amide bonds. The SMILES string of the molecule is COc1ccc(S(=O)(=O)N(CC(C)C)C[C@@H](O)[C@H](Cc2ccccc2)N(NC(=O)CN2CCCC2)C(=O)CC(C)(C)C)cc1. The van der Waals surface area contributed by atoms with Gasteiger partial charge in [-0.3, -0.25) is 19.9 Å². The van der Waals surface area contributed by atoms with Gasteiger partial charge in [-0.1, -0.05) is 65.0 Å². The van der Waals surface area contributed by atoms with E-state index in [1.165, 1.54) is 28.6 Å². The summed E-state index contributed by atoms with van der Waals surface area (Å²) < 4.78 is 34.2. The van der Waals surface area contributed by atoms with Gasteiger partial charge in [0.2, 0.25) is 15.9 Å². The molecule has 2 N–H and O–H groups in total. The highest BCUT2D eigenvalue weighted by Crippen LogP contribution is 2.25. The minimum atomic E-state index is -4.02. The lowest BCUT2D eigenvalue weighted by atomic mass is 9.91. The van der Waals surface area contributed by atoms with Gasteiger partial charge in [-0.2, -0.15) is 4.31 Å². The molecule has 1 aliphatic heterocycles. The van der Waals surface area contributed by atoms with Crippen molar-refractivity contribution in [2.45, 2.75) is 77.3 Å². The largest absolute Gasteiger partial charge is 0.497 e. The van der Waals surface area contributed by atoms with Crippen molar-refractivity contribution in [2.24, 2.45) is 11.3 Å². The van der Waals surface area contributed by atoms with E-state index in [1.54, 1.807) is 12.1 Å². The van der Waals surface area contributed by atoms with E-state index in [4.69, 9.17) is 4.74 Å². The second-order valence-corrected chi connectivity index (χ2v) is 15.2. The molecule has 11 heteroatoms. The lowest BCUT2D eigenvalue weighted by Gasteiger charge is -2.38. The van der Waals surface area contributed by atoms with Crippen LogP contribution in [-0.2, 0) is 26.0 Å². The van der Waals surface area contributed by atoms with Crippen LogP contribution in [0.25, 0.3) is 0 Å². The molecule has 2 atom stereocenters. The molecule has 0 aromatic heterocycles. The number of hydrogen-bond donors (Lipinski definition) is 2. The van der Waals surface area contributed by atoms with Gasteiger partial charge in [0.05, 0.1) is 30.7 Å². The Labute approximate surface area is 263 Å². The lowest BCUT2D eigenvalue weighted by Crippen LogP contribution is -2.60. The third kappa shape index (κ3) is 10.6. The van der Waals surface area contributed by atoms with Gasteiger partial charge in [0.25, 0.3) is 5.91 Å². The van der Waals surface area contributed by atoms with Gasteiger partial charge in [0.1, 0.15) is 5.75 Å². The number of aliphatic hydroxyl groups excluding tert-OH is 1. The number of carbonyl (C=O) groups is 2. The van der Waals surface area contributed by atoms with Gasteiger partial charge < -0.3 is 9.84 Å². The number of ether oxygens (including phenoxy) is 1. The van der Waals surface area contributed by atoms with E-state index in [9.17, 15) is 23.1 Å². The summed E-state index contributed by atoms with van der Waals surface area (Å²) >= 11 is 0. The topological polar surface area (TPSA) is 119 Å². The van der Waals surface area contributed by atoms with Gasteiger partial charge >= 0.3 is 0 Å². The van der Waals surface area contributed by atoms with Gasteiger partial charge in [-0.05, 0) is 73.5 Å². The molecule has 2 aromatic rings. The van der Waals surface area contributed by atoms with E-state index >= 15 is 0 Å². The van der Waals surface area contributed by atoms with Crippen LogP contribution in [0.4, 0.5) is 0 Å². The van der Waals surface area contributed by atoms with E-state index < -0.39 is 27.6 Å². The second-order valence-electron chi connectivity index (χ2n) is 13.2. The third-order valence-corrected chi connectivity index (χ3v) is 9.33. The average molecular weight is 631 g/mol. The zero-order chi connectivity index (χ0) is 32.5. The lowest BCUT2D eigenvalue weighted by molar-refractivity contribution is -0.149. The quantitative estimate of drug-likeness (QED) is 0.306. The van der Waals surface area contributed by atoms with Crippen LogP contribution in [0.1, 0.15) is 59.4 Å². The third-order valence-electron chi connectivity index (χ3n) is 7.48. The summed E-state index contributed by atoms with van der Waals surface area (Å²) in [7, 11) is -2.51. The van der Waals surface area contributed by atoms with Crippen LogP contribution in [0.15, 0.2) is 59.5 Å². The molecule has 0 saturated carbocycles. The summed E-state index contributed by atoms with van der Waals surface area (Å²) in [5, 5.41) is 13.1. The Balaban J connectivity index is 1.99.